The fraction of sp³-hybridized carbons (Fsp3) is 0.600. The highest BCUT2D eigenvalue weighted by Gasteiger charge is 2.32. The third-order valence-corrected chi connectivity index (χ3v) is 4.23. The lowest BCUT2D eigenvalue weighted by Gasteiger charge is -2.35. The van der Waals surface area contributed by atoms with Gasteiger partial charge in [0.1, 0.15) is 0 Å². The van der Waals surface area contributed by atoms with Crippen molar-refractivity contribution in [3.8, 4) is 0 Å². The van der Waals surface area contributed by atoms with Crippen LogP contribution in [0.5, 0.6) is 0 Å². The van der Waals surface area contributed by atoms with Crippen molar-refractivity contribution in [2.24, 2.45) is 5.92 Å². The van der Waals surface area contributed by atoms with Crippen molar-refractivity contribution < 1.29 is 9.90 Å². The van der Waals surface area contributed by atoms with E-state index >= 15 is 0 Å². The van der Waals surface area contributed by atoms with Crippen LogP contribution < -0.4 is 10.9 Å². The van der Waals surface area contributed by atoms with E-state index in [2.05, 4.69) is 17.2 Å². The number of aliphatic hydroxyl groups is 1. The summed E-state index contributed by atoms with van der Waals surface area (Å²) in [5, 5.41) is 13.2. The third-order valence-electron chi connectivity index (χ3n) is 4.23. The molecule has 1 aromatic rings. The van der Waals surface area contributed by atoms with Crippen LogP contribution in [0.3, 0.4) is 0 Å². The SMILES string of the molecule is CCC1CCC(O)(CNC(=O)c2cc[nH]c(=O)c2)CC1. The van der Waals surface area contributed by atoms with Crippen LogP contribution in [0.4, 0.5) is 0 Å². The largest absolute Gasteiger partial charge is 0.388 e. The highest BCUT2D eigenvalue weighted by Crippen LogP contribution is 2.33. The second-order valence-electron chi connectivity index (χ2n) is 5.70. The van der Waals surface area contributed by atoms with Gasteiger partial charge in [0.2, 0.25) is 5.56 Å². The van der Waals surface area contributed by atoms with Crippen LogP contribution in [0.1, 0.15) is 49.4 Å². The van der Waals surface area contributed by atoms with Gasteiger partial charge in [-0.05, 0) is 37.7 Å². The van der Waals surface area contributed by atoms with E-state index in [1.165, 1.54) is 12.3 Å². The monoisotopic (exact) mass is 278 g/mol. The maximum atomic E-state index is 11.9. The van der Waals surface area contributed by atoms with Gasteiger partial charge in [-0.3, -0.25) is 9.59 Å². The number of hydrogen-bond acceptors (Lipinski definition) is 3. The van der Waals surface area contributed by atoms with Gasteiger partial charge in [0.25, 0.3) is 5.91 Å². The highest BCUT2D eigenvalue weighted by atomic mass is 16.3. The maximum Gasteiger partial charge on any atom is 0.251 e. The summed E-state index contributed by atoms with van der Waals surface area (Å²) in [5.74, 6) is 0.376. The molecule has 1 heterocycles. The topological polar surface area (TPSA) is 82.2 Å². The summed E-state index contributed by atoms with van der Waals surface area (Å²) >= 11 is 0. The van der Waals surface area contributed by atoms with Gasteiger partial charge in [0.15, 0.2) is 0 Å². The van der Waals surface area contributed by atoms with Crippen molar-refractivity contribution in [1.29, 1.82) is 0 Å². The first-order valence-corrected chi connectivity index (χ1v) is 7.22. The lowest BCUT2D eigenvalue weighted by atomic mass is 9.78. The van der Waals surface area contributed by atoms with Gasteiger partial charge >= 0.3 is 0 Å². The molecule has 1 amide bonds. The molecule has 2 rings (SSSR count). The molecule has 5 nitrogen and oxygen atoms in total. The van der Waals surface area contributed by atoms with Crippen molar-refractivity contribution in [3.05, 3.63) is 34.2 Å². The number of aromatic nitrogens is 1. The molecule has 1 aromatic heterocycles. The number of carbonyl (C=O) groups is 1. The fourth-order valence-electron chi connectivity index (χ4n) is 2.73. The summed E-state index contributed by atoms with van der Waals surface area (Å²) in [6.45, 7) is 2.42. The summed E-state index contributed by atoms with van der Waals surface area (Å²) in [6.07, 6.45) is 6.05. The Balaban J connectivity index is 1.89. The molecule has 1 fully saturated rings. The molecule has 0 aromatic carbocycles. The summed E-state index contributed by atoms with van der Waals surface area (Å²) in [7, 11) is 0. The second-order valence-corrected chi connectivity index (χ2v) is 5.70. The first-order chi connectivity index (χ1) is 9.52. The quantitative estimate of drug-likeness (QED) is 0.779. The lowest BCUT2D eigenvalue weighted by Crippen LogP contribution is -2.45. The average Bonchev–Trinajstić information content (AvgIpc) is 2.46. The predicted octanol–water partition coefficient (Wildman–Crippen LogP) is 1.44. The molecule has 0 aliphatic heterocycles. The summed E-state index contributed by atoms with van der Waals surface area (Å²) < 4.78 is 0. The minimum atomic E-state index is -0.803. The molecule has 1 saturated carbocycles. The van der Waals surface area contributed by atoms with Crippen LogP contribution in [0.25, 0.3) is 0 Å². The number of rotatable bonds is 4. The molecule has 20 heavy (non-hydrogen) atoms. The van der Waals surface area contributed by atoms with E-state index in [1.54, 1.807) is 6.07 Å². The Morgan fingerprint density at radius 2 is 2.20 bits per heavy atom. The van der Waals surface area contributed by atoms with Gasteiger partial charge in [-0.25, -0.2) is 0 Å². The van der Waals surface area contributed by atoms with E-state index in [1.807, 2.05) is 0 Å². The summed E-state index contributed by atoms with van der Waals surface area (Å²) in [4.78, 5) is 25.5. The van der Waals surface area contributed by atoms with E-state index < -0.39 is 5.60 Å². The number of carbonyl (C=O) groups excluding carboxylic acids is 1. The zero-order chi connectivity index (χ0) is 14.6. The molecule has 0 unspecified atom stereocenters. The Morgan fingerprint density at radius 3 is 2.80 bits per heavy atom. The number of nitrogens with one attached hydrogen (secondary N) is 2. The lowest BCUT2D eigenvalue weighted by molar-refractivity contribution is -0.00786. The van der Waals surface area contributed by atoms with Crippen molar-refractivity contribution in [1.82, 2.24) is 10.3 Å². The molecule has 0 bridgehead atoms. The third kappa shape index (κ3) is 3.70. The number of pyridine rings is 1. The number of amides is 1. The van der Waals surface area contributed by atoms with E-state index in [9.17, 15) is 14.7 Å². The number of H-pyrrole nitrogens is 1. The first-order valence-electron chi connectivity index (χ1n) is 7.22. The molecule has 0 spiro atoms. The van der Waals surface area contributed by atoms with Gasteiger partial charge in [-0.2, -0.15) is 0 Å². The highest BCUT2D eigenvalue weighted by molar-refractivity contribution is 5.93. The van der Waals surface area contributed by atoms with Gasteiger partial charge < -0.3 is 15.4 Å². The molecule has 1 aliphatic rings. The molecule has 3 N–H and O–H groups in total. The first kappa shape index (κ1) is 14.8. The Bertz CT molecular complexity index is 516. The van der Waals surface area contributed by atoms with Crippen LogP contribution in [-0.2, 0) is 0 Å². The normalized spacial score (nSPS) is 26.2. The van der Waals surface area contributed by atoms with Crippen LogP contribution in [0.15, 0.2) is 23.1 Å². The van der Waals surface area contributed by atoms with Crippen LogP contribution in [-0.4, -0.2) is 28.1 Å². The standard InChI is InChI=1S/C15H22N2O3/c1-2-11-3-6-15(20,7-4-11)10-17-14(19)12-5-8-16-13(18)9-12/h5,8-9,11,20H,2-4,6-7,10H2,1H3,(H,16,18)(H,17,19). The van der Waals surface area contributed by atoms with Gasteiger partial charge in [-0.15, -0.1) is 0 Å². The molecular weight excluding hydrogens is 256 g/mol. The summed E-state index contributed by atoms with van der Waals surface area (Å²) in [6, 6.07) is 2.81. The Kier molecular flexibility index (Phi) is 4.60. The van der Waals surface area contributed by atoms with Gasteiger partial charge in [-0.1, -0.05) is 13.3 Å². The van der Waals surface area contributed by atoms with Crippen molar-refractivity contribution in [2.75, 3.05) is 6.54 Å². The minimum Gasteiger partial charge on any atom is -0.388 e. The predicted molar refractivity (Wildman–Crippen MR) is 76.6 cm³/mol. The van der Waals surface area contributed by atoms with Gasteiger partial charge in [0.05, 0.1) is 5.60 Å². The van der Waals surface area contributed by atoms with Gasteiger partial charge in [0, 0.05) is 24.4 Å². The van der Waals surface area contributed by atoms with Crippen LogP contribution >= 0.6 is 0 Å². The summed E-state index contributed by atoms with van der Waals surface area (Å²) in [5.41, 5.74) is -0.790. The van der Waals surface area contributed by atoms with Crippen molar-refractivity contribution in [2.45, 2.75) is 44.6 Å². The molecule has 0 saturated heterocycles. The fourth-order valence-corrected chi connectivity index (χ4v) is 2.73. The number of aromatic amines is 1. The van der Waals surface area contributed by atoms with E-state index in [0.29, 0.717) is 11.5 Å². The number of hydrogen-bond donors (Lipinski definition) is 3. The minimum absolute atomic E-state index is 0.245. The Hall–Kier alpha value is -1.62. The second kappa shape index (κ2) is 6.22. The molecule has 1 aliphatic carbocycles. The Labute approximate surface area is 118 Å². The average molecular weight is 278 g/mol. The van der Waals surface area contributed by atoms with E-state index in [4.69, 9.17) is 0 Å². The maximum absolute atomic E-state index is 11.9. The van der Waals surface area contributed by atoms with Crippen LogP contribution in [0.2, 0.25) is 0 Å². The molecule has 5 heteroatoms. The Morgan fingerprint density at radius 1 is 1.50 bits per heavy atom. The van der Waals surface area contributed by atoms with Crippen LogP contribution in [0, 0.1) is 5.92 Å². The molecule has 110 valence electrons. The zero-order valence-corrected chi connectivity index (χ0v) is 11.8. The molecular formula is C15H22N2O3. The smallest absolute Gasteiger partial charge is 0.251 e. The molecule has 0 radical (unpaired) electrons. The van der Waals surface area contributed by atoms with Crippen molar-refractivity contribution in [3.63, 3.8) is 0 Å². The van der Waals surface area contributed by atoms with E-state index in [0.717, 1.165) is 32.1 Å². The van der Waals surface area contributed by atoms with Crippen molar-refractivity contribution >= 4 is 5.91 Å². The van der Waals surface area contributed by atoms with E-state index in [-0.39, 0.29) is 18.0 Å². The zero-order valence-electron chi connectivity index (χ0n) is 11.8. The molecule has 0 atom stereocenters.